The number of thioether (sulfide) groups is 1. The summed E-state index contributed by atoms with van der Waals surface area (Å²) in [5.74, 6) is 1.99. The van der Waals surface area contributed by atoms with E-state index in [-0.39, 0.29) is 11.7 Å². The van der Waals surface area contributed by atoms with E-state index in [1.807, 2.05) is 22.1 Å². The van der Waals surface area contributed by atoms with E-state index in [0.717, 1.165) is 10.7 Å². The molecule has 3 aromatic rings. The molecule has 7 nitrogen and oxygen atoms in total. The second-order valence-electron chi connectivity index (χ2n) is 5.59. The summed E-state index contributed by atoms with van der Waals surface area (Å²) in [5.41, 5.74) is 0.634. The number of amides is 1. The number of carbonyl (C=O) groups excluding carboxylic acids is 1. The lowest BCUT2D eigenvalue weighted by Crippen LogP contribution is -2.14. The Morgan fingerprint density at radius 3 is 2.79 bits per heavy atom. The lowest BCUT2D eigenvalue weighted by molar-refractivity contribution is -0.113. The first-order valence-corrected chi connectivity index (χ1v) is 10.3. The number of carbonyl (C=O) groups is 1. The smallest absolute Gasteiger partial charge is 0.234 e. The van der Waals surface area contributed by atoms with Crippen molar-refractivity contribution in [2.75, 3.05) is 25.3 Å². The fraction of sp³-hybridized carbons (Fsp3) is 0.211. The molecule has 3 rings (SSSR count). The lowest BCUT2D eigenvalue weighted by Gasteiger charge is -2.10. The molecule has 0 aliphatic rings. The molecule has 0 saturated heterocycles. The van der Waals surface area contributed by atoms with Gasteiger partial charge in [0.25, 0.3) is 0 Å². The molecular weight excluding hydrogens is 396 g/mol. The molecule has 28 heavy (non-hydrogen) atoms. The molecular formula is C19H20N4O3S2. The number of hydrogen-bond acceptors (Lipinski definition) is 7. The van der Waals surface area contributed by atoms with Crippen molar-refractivity contribution in [3.8, 4) is 22.2 Å². The molecule has 0 bridgehead atoms. The van der Waals surface area contributed by atoms with Gasteiger partial charge < -0.3 is 14.8 Å². The van der Waals surface area contributed by atoms with Gasteiger partial charge in [0, 0.05) is 18.3 Å². The number of aromatic nitrogens is 3. The molecule has 0 unspecified atom stereocenters. The van der Waals surface area contributed by atoms with Gasteiger partial charge in [-0.3, -0.25) is 9.36 Å². The Morgan fingerprint density at radius 1 is 1.29 bits per heavy atom. The van der Waals surface area contributed by atoms with Crippen LogP contribution in [0, 0.1) is 0 Å². The summed E-state index contributed by atoms with van der Waals surface area (Å²) in [5, 5.41) is 14.0. The fourth-order valence-corrected chi connectivity index (χ4v) is 3.98. The molecule has 0 radical (unpaired) electrons. The van der Waals surface area contributed by atoms with E-state index in [0.29, 0.717) is 28.9 Å². The first-order valence-electron chi connectivity index (χ1n) is 8.39. The maximum atomic E-state index is 12.4. The van der Waals surface area contributed by atoms with Gasteiger partial charge in [0.05, 0.1) is 24.8 Å². The van der Waals surface area contributed by atoms with Crippen LogP contribution in [0.1, 0.15) is 0 Å². The van der Waals surface area contributed by atoms with Crippen molar-refractivity contribution in [3.05, 3.63) is 48.4 Å². The minimum atomic E-state index is -0.150. The Bertz CT molecular complexity index is 954. The molecule has 0 atom stereocenters. The Kier molecular flexibility index (Phi) is 6.72. The summed E-state index contributed by atoms with van der Waals surface area (Å²) in [6, 6.07) is 9.19. The summed E-state index contributed by atoms with van der Waals surface area (Å²) >= 11 is 2.92. The largest absolute Gasteiger partial charge is 0.493 e. The van der Waals surface area contributed by atoms with Gasteiger partial charge in [0.2, 0.25) is 5.91 Å². The number of nitrogens with one attached hydrogen (secondary N) is 1. The fourth-order valence-electron chi connectivity index (χ4n) is 2.52. The van der Waals surface area contributed by atoms with Gasteiger partial charge >= 0.3 is 0 Å². The van der Waals surface area contributed by atoms with Crippen LogP contribution < -0.4 is 14.8 Å². The Hall–Kier alpha value is -2.78. The standard InChI is InChI=1S/C19H20N4O3S2/c1-4-9-23-18(16-6-5-10-27-16)21-22-19(23)28-12-17(24)20-13-7-8-14(25-2)15(11-13)26-3/h4-8,10-11H,1,9,12H2,2-3H3,(H,20,24). The first-order chi connectivity index (χ1) is 13.7. The summed E-state index contributed by atoms with van der Waals surface area (Å²) < 4.78 is 12.4. The van der Waals surface area contributed by atoms with Crippen molar-refractivity contribution < 1.29 is 14.3 Å². The van der Waals surface area contributed by atoms with Gasteiger partial charge in [-0.2, -0.15) is 0 Å². The van der Waals surface area contributed by atoms with Crippen LogP contribution in [-0.2, 0) is 11.3 Å². The summed E-state index contributed by atoms with van der Waals surface area (Å²) in [7, 11) is 3.12. The number of thiophene rings is 1. The Morgan fingerprint density at radius 2 is 2.11 bits per heavy atom. The number of allylic oxidation sites excluding steroid dienone is 1. The average Bonchev–Trinajstić information content (AvgIpc) is 3.36. The molecule has 0 saturated carbocycles. The van der Waals surface area contributed by atoms with Crippen molar-refractivity contribution in [3.63, 3.8) is 0 Å². The summed E-state index contributed by atoms with van der Waals surface area (Å²) in [4.78, 5) is 13.4. The van der Waals surface area contributed by atoms with Gasteiger partial charge in [-0.05, 0) is 23.6 Å². The lowest BCUT2D eigenvalue weighted by atomic mass is 10.2. The van der Waals surface area contributed by atoms with Gasteiger partial charge in [0.15, 0.2) is 22.5 Å². The van der Waals surface area contributed by atoms with Crippen LogP contribution in [0.25, 0.3) is 10.7 Å². The minimum Gasteiger partial charge on any atom is -0.493 e. The van der Waals surface area contributed by atoms with Crippen molar-refractivity contribution >= 4 is 34.7 Å². The third-order valence-electron chi connectivity index (χ3n) is 3.77. The highest BCUT2D eigenvalue weighted by Gasteiger charge is 2.16. The monoisotopic (exact) mass is 416 g/mol. The zero-order valence-corrected chi connectivity index (χ0v) is 17.2. The van der Waals surface area contributed by atoms with Crippen molar-refractivity contribution in [2.45, 2.75) is 11.7 Å². The van der Waals surface area contributed by atoms with E-state index in [1.54, 1.807) is 49.8 Å². The number of methoxy groups -OCH3 is 2. The van der Waals surface area contributed by atoms with Crippen LogP contribution in [0.3, 0.4) is 0 Å². The zero-order chi connectivity index (χ0) is 19.9. The summed E-state index contributed by atoms with van der Waals surface area (Å²) in [6.07, 6.45) is 1.79. The number of ether oxygens (including phenoxy) is 2. The van der Waals surface area contributed by atoms with Crippen LogP contribution in [0.4, 0.5) is 5.69 Å². The van der Waals surface area contributed by atoms with E-state index >= 15 is 0 Å². The predicted octanol–water partition coefficient (Wildman–Crippen LogP) is 3.94. The number of hydrogen-bond donors (Lipinski definition) is 1. The molecule has 146 valence electrons. The molecule has 0 aliphatic carbocycles. The van der Waals surface area contributed by atoms with E-state index in [9.17, 15) is 4.79 Å². The van der Waals surface area contributed by atoms with E-state index in [1.165, 1.54) is 11.8 Å². The summed E-state index contributed by atoms with van der Waals surface area (Å²) in [6.45, 7) is 4.37. The van der Waals surface area contributed by atoms with Gasteiger partial charge in [-0.15, -0.1) is 28.1 Å². The van der Waals surface area contributed by atoms with Crippen molar-refractivity contribution in [2.24, 2.45) is 0 Å². The van der Waals surface area contributed by atoms with Gasteiger partial charge in [-0.1, -0.05) is 23.9 Å². The normalized spacial score (nSPS) is 10.5. The molecule has 1 aromatic carbocycles. The number of rotatable bonds is 9. The van der Waals surface area contributed by atoms with Crippen LogP contribution in [-0.4, -0.2) is 40.6 Å². The average molecular weight is 417 g/mol. The second-order valence-corrected chi connectivity index (χ2v) is 7.48. The highest BCUT2D eigenvalue weighted by atomic mass is 32.2. The maximum Gasteiger partial charge on any atom is 0.234 e. The molecule has 2 heterocycles. The quantitative estimate of drug-likeness (QED) is 0.420. The second kappa shape index (κ2) is 9.43. The third kappa shape index (κ3) is 4.55. The minimum absolute atomic E-state index is 0.150. The van der Waals surface area contributed by atoms with Crippen molar-refractivity contribution in [1.29, 1.82) is 0 Å². The Labute approximate surface area is 171 Å². The topological polar surface area (TPSA) is 78.3 Å². The third-order valence-corrected chi connectivity index (χ3v) is 5.60. The van der Waals surface area contributed by atoms with E-state index in [4.69, 9.17) is 9.47 Å². The van der Waals surface area contributed by atoms with E-state index < -0.39 is 0 Å². The number of benzene rings is 1. The predicted molar refractivity (Wildman–Crippen MR) is 112 cm³/mol. The molecule has 2 aromatic heterocycles. The van der Waals surface area contributed by atoms with E-state index in [2.05, 4.69) is 22.1 Å². The van der Waals surface area contributed by atoms with Gasteiger partial charge in [-0.25, -0.2) is 0 Å². The van der Waals surface area contributed by atoms with Crippen LogP contribution >= 0.6 is 23.1 Å². The van der Waals surface area contributed by atoms with Crippen LogP contribution in [0.15, 0.2) is 53.5 Å². The number of anilines is 1. The SMILES string of the molecule is C=CCn1c(SCC(=O)Nc2ccc(OC)c(OC)c2)nnc1-c1cccs1. The highest BCUT2D eigenvalue weighted by Crippen LogP contribution is 2.30. The highest BCUT2D eigenvalue weighted by molar-refractivity contribution is 7.99. The molecule has 1 amide bonds. The Balaban J connectivity index is 1.67. The first kappa shape index (κ1) is 20.0. The van der Waals surface area contributed by atoms with Crippen LogP contribution in [0.5, 0.6) is 11.5 Å². The zero-order valence-electron chi connectivity index (χ0n) is 15.5. The van der Waals surface area contributed by atoms with Gasteiger partial charge in [0.1, 0.15) is 0 Å². The number of nitrogens with zero attached hydrogens (tertiary/aromatic N) is 3. The molecule has 0 fully saturated rings. The van der Waals surface area contributed by atoms with Crippen LogP contribution in [0.2, 0.25) is 0 Å². The molecule has 1 N–H and O–H groups in total. The maximum absolute atomic E-state index is 12.4. The molecule has 0 aliphatic heterocycles. The molecule has 0 spiro atoms. The van der Waals surface area contributed by atoms with Crippen molar-refractivity contribution in [1.82, 2.24) is 14.8 Å². The molecule has 9 heteroatoms.